The average Bonchev–Trinajstić information content (AvgIpc) is 2.41. The molecule has 1 heterocycles. The van der Waals surface area contributed by atoms with E-state index in [4.69, 9.17) is 27.9 Å². The van der Waals surface area contributed by atoms with E-state index >= 15 is 0 Å². The number of hydrogen-bond donors (Lipinski definition) is 0. The third-order valence-corrected chi connectivity index (χ3v) is 3.58. The molecule has 20 heavy (non-hydrogen) atoms. The largest absolute Gasteiger partial charge is 0.487 e. The van der Waals surface area contributed by atoms with Crippen molar-refractivity contribution in [2.75, 3.05) is 0 Å². The van der Waals surface area contributed by atoms with Gasteiger partial charge in [0.15, 0.2) is 5.15 Å². The highest BCUT2D eigenvalue weighted by molar-refractivity contribution is 6.31. The Hall–Kier alpha value is -1.32. The van der Waals surface area contributed by atoms with Gasteiger partial charge in [0.05, 0.1) is 0 Å². The minimum atomic E-state index is 0.333. The highest BCUT2D eigenvalue weighted by Crippen LogP contribution is 2.32. The van der Waals surface area contributed by atoms with E-state index in [0.29, 0.717) is 17.7 Å². The van der Waals surface area contributed by atoms with Gasteiger partial charge in [-0.05, 0) is 48.2 Å². The quantitative estimate of drug-likeness (QED) is 0.814. The van der Waals surface area contributed by atoms with Crippen LogP contribution in [0.2, 0.25) is 10.2 Å². The van der Waals surface area contributed by atoms with E-state index in [0.717, 1.165) is 27.6 Å². The van der Waals surface area contributed by atoms with E-state index in [-0.39, 0.29) is 0 Å². The smallest absolute Gasteiger partial charge is 0.151 e. The average molecular weight is 311 g/mol. The van der Waals surface area contributed by atoms with Gasteiger partial charge in [0.25, 0.3) is 0 Å². The second kappa shape index (κ2) is 6.42. The maximum absolute atomic E-state index is 6.17. The highest BCUT2D eigenvalue weighted by Gasteiger charge is 2.11. The molecule has 0 atom stereocenters. The molecule has 0 spiro atoms. The van der Waals surface area contributed by atoms with Crippen LogP contribution in [0.3, 0.4) is 0 Å². The molecule has 0 saturated carbocycles. The fourth-order valence-corrected chi connectivity index (χ4v) is 2.09. The summed E-state index contributed by atoms with van der Waals surface area (Å²) in [7, 11) is 0. The lowest BCUT2D eigenvalue weighted by molar-refractivity contribution is 0.295. The summed E-state index contributed by atoms with van der Waals surface area (Å²) < 4.78 is 5.86. The molecule has 0 radical (unpaired) electrons. The summed E-state index contributed by atoms with van der Waals surface area (Å²) in [4.78, 5) is 0. The zero-order valence-corrected chi connectivity index (χ0v) is 13.2. The van der Waals surface area contributed by atoms with Gasteiger partial charge in [0.1, 0.15) is 18.1 Å². The third-order valence-electron chi connectivity index (χ3n) is 2.98. The Morgan fingerprint density at radius 3 is 2.50 bits per heavy atom. The molecule has 0 aliphatic heterocycles. The van der Waals surface area contributed by atoms with Crippen LogP contribution in [0.1, 0.15) is 36.6 Å². The molecule has 3 nitrogen and oxygen atoms in total. The van der Waals surface area contributed by atoms with Crippen molar-refractivity contribution < 1.29 is 4.74 Å². The van der Waals surface area contributed by atoms with E-state index in [2.05, 4.69) is 24.0 Å². The van der Waals surface area contributed by atoms with Crippen LogP contribution in [0, 0.1) is 6.92 Å². The van der Waals surface area contributed by atoms with Crippen molar-refractivity contribution in [3.8, 4) is 5.75 Å². The molecule has 0 bridgehead atoms. The summed E-state index contributed by atoms with van der Waals surface area (Å²) in [6.07, 6.45) is 0. The minimum absolute atomic E-state index is 0.333. The van der Waals surface area contributed by atoms with Crippen LogP contribution in [-0.2, 0) is 6.61 Å². The summed E-state index contributed by atoms with van der Waals surface area (Å²) in [5.41, 5.74) is 2.81. The first-order valence-corrected chi connectivity index (χ1v) is 7.14. The molecular formula is C15H16Cl2N2O. The molecule has 0 amide bonds. The molecule has 0 aliphatic carbocycles. The fraction of sp³-hybridized carbons (Fsp3) is 0.333. The van der Waals surface area contributed by atoms with Crippen LogP contribution < -0.4 is 4.74 Å². The summed E-state index contributed by atoms with van der Waals surface area (Å²) in [5.74, 6) is 1.16. The fourth-order valence-electron chi connectivity index (χ4n) is 1.82. The Morgan fingerprint density at radius 2 is 1.90 bits per heavy atom. The monoisotopic (exact) mass is 310 g/mol. The molecule has 5 heteroatoms. The van der Waals surface area contributed by atoms with Crippen LogP contribution in [0.5, 0.6) is 5.75 Å². The van der Waals surface area contributed by atoms with Gasteiger partial charge < -0.3 is 4.74 Å². The van der Waals surface area contributed by atoms with Crippen molar-refractivity contribution in [2.45, 2.75) is 33.3 Å². The Bertz CT molecular complexity index is 598. The third kappa shape index (κ3) is 3.62. The van der Waals surface area contributed by atoms with Gasteiger partial charge in [-0.3, -0.25) is 0 Å². The van der Waals surface area contributed by atoms with Gasteiger partial charge >= 0.3 is 0 Å². The van der Waals surface area contributed by atoms with Crippen LogP contribution >= 0.6 is 23.2 Å². The molecule has 0 aliphatic rings. The number of rotatable bonds is 4. The minimum Gasteiger partial charge on any atom is -0.487 e. The van der Waals surface area contributed by atoms with Crippen molar-refractivity contribution in [3.63, 3.8) is 0 Å². The summed E-state index contributed by atoms with van der Waals surface area (Å²) in [6, 6.07) is 7.42. The first-order valence-electron chi connectivity index (χ1n) is 6.38. The second-order valence-electron chi connectivity index (χ2n) is 4.93. The van der Waals surface area contributed by atoms with Crippen molar-refractivity contribution in [1.29, 1.82) is 0 Å². The standard InChI is InChI=1S/C15H16Cl2N2O/c1-9(2)12-7-13(16)10(3)6-14(12)20-8-11-4-5-15(17)19-18-11/h4-7,9H,8H2,1-3H3. The molecule has 0 unspecified atom stereocenters. The van der Waals surface area contributed by atoms with Gasteiger partial charge in [-0.25, -0.2) is 0 Å². The number of aromatic nitrogens is 2. The van der Waals surface area contributed by atoms with Gasteiger partial charge in [0.2, 0.25) is 0 Å². The normalized spacial score (nSPS) is 10.9. The van der Waals surface area contributed by atoms with Crippen molar-refractivity contribution >= 4 is 23.2 Å². The second-order valence-corrected chi connectivity index (χ2v) is 5.72. The lowest BCUT2D eigenvalue weighted by Gasteiger charge is -2.15. The van der Waals surface area contributed by atoms with Gasteiger partial charge in [-0.1, -0.05) is 37.0 Å². The number of ether oxygens (including phenoxy) is 1. The SMILES string of the molecule is Cc1cc(OCc2ccc(Cl)nn2)c(C(C)C)cc1Cl. The molecule has 2 rings (SSSR count). The topological polar surface area (TPSA) is 35.0 Å². The summed E-state index contributed by atoms with van der Waals surface area (Å²) in [5, 5.41) is 8.90. The first-order chi connectivity index (χ1) is 9.47. The highest BCUT2D eigenvalue weighted by atomic mass is 35.5. The lowest BCUT2D eigenvalue weighted by Crippen LogP contribution is -2.03. The van der Waals surface area contributed by atoms with Gasteiger partial charge in [-0.15, -0.1) is 5.10 Å². The van der Waals surface area contributed by atoms with E-state index in [1.54, 1.807) is 12.1 Å². The zero-order chi connectivity index (χ0) is 14.7. The molecule has 0 N–H and O–H groups in total. The number of aryl methyl sites for hydroxylation is 1. The van der Waals surface area contributed by atoms with Crippen LogP contribution in [0.4, 0.5) is 0 Å². The van der Waals surface area contributed by atoms with Crippen LogP contribution in [-0.4, -0.2) is 10.2 Å². The molecule has 0 saturated heterocycles. The molecule has 0 fully saturated rings. The van der Waals surface area contributed by atoms with Crippen LogP contribution in [0.25, 0.3) is 0 Å². The van der Waals surface area contributed by atoms with E-state index < -0.39 is 0 Å². The van der Waals surface area contributed by atoms with E-state index in [1.807, 2.05) is 19.1 Å². The Morgan fingerprint density at radius 1 is 1.15 bits per heavy atom. The maximum Gasteiger partial charge on any atom is 0.151 e. The maximum atomic E-state index is 6.17. The van der Waals surface area contributed by atoms with Gasteiger partial charge in [0, 0.05) is 5.02 Å². The summed E-state index contributed by atoms with van der Waals surface area (Å²) in [6.45, 7) is 6.53. The van der Waals surface area contributed by atoms with Crippen molar-refractivity contribution in [3.05, 3.63) is 51.3 Å². The Labute approximate surface area is 128 Å². The molecule has 2 aromatic rings. The Balaban J connectivity index is 2.20. The van der Waals surface area contributed by atoms with Gasteiger partial charge in [-0.2, -0.15) is 5.10 Å². The summed E-state index contributed by atoms with van der Waals surface area (Å²) >= 11 is 11.9. The number of halogens is 2. The van der Waals surface area contributed by atoms with Crippen molar-refractivity contribution in [1.82, 2.24) is 10.2 Å². The number of nitrogens with zero attached hydrogens (tertiary/aromatic N) is 2. The van der Waals surface area contributed by atoms with Crippen LogP contribution in [0.15, 0.2) is 24.3 Å². The van der Waals surface area contributed by atoms with E-state index in [9.17, 15) is 0 Å². The first kappa shape index (κ1) is 15.1. The predicted octanol–water partition coefficient (Wildman–Crippen LogP) is 4.79. The molecule has 1 aromatic carbocycles. The van der Waals surface area contributed by atoms with Crippen molar-refractivity contribution in [2.24, 2.45) is 0 Å². The molecular weight excluding hydrogens is 295 g/mol. The predicted molar refractivity (Wildman–Crippen MR) is 81.7 cm³/mol. The number of hydrogen-bond acceptors (Lipinski definition) is 3. The number of benzene rings is 1. The molecule has 1 aromatic heterocycles. The lowest BCUT2D eigenvalue weighted by atomic mass is 10.0. The Kier molecular flexibility index (Phi) is 4.84. The zero-order valence-electron chi connectivity index (χ0n) is 11.7. The van der Waals surface area contributed by atoms with E-state index in [1.165, 1.54) is 0 Å². The molecule has 106 valence electrons.